The van der Waals surface area contributed by atoms with E-state index in [0.29, 0.717) is 12.2 Å². The van der Waals surface area contributed by atoms with E-state index in [9.17, 15) is 4.79 Å². The monoisotopic (exact) mass is 423 g/mol. The van der Waals surface area contributed by atoms with Gasteiger partial charge in [-0.05, 0) is 30.2 Å². The molecule has 1 N–H and O–H groups in total. The lowest BCUT2D eigenvalue weighted by Gasteiger charge is -2.12. The van der Waals surface area contributed by atoms with E-state index in [2.05, 4.69) is 29.4 Å². The van der Waals surface area contributed by atoms with Crippen molar-refractivity contribution in [2.45, 2.75) is 19.8 Å². The molecule has 4 aromatic rings. The number of aromatic nitrogens is 2. The average Bonchev–Trinajstić information content (AvgIpc) is 2.82. The van der Waals surface area contributed by atoms with Gasteiger partial charge in [-0.1, -0.05) is 72.3 Å². The fraction of sp³-hybridized carbons (Fsp3) is 0.148. The van der Waals surface area contributed by atoms with Gasteiger partial charge in [0.2, 0.25) is 5.91 Å². The molecule has 5 nitrogen and oxygen atoms in total. The smallest absolute Gasteiger partial charge is 0.229 e. The summed E-state index contributed by atoms with van der Waals surface area (Å²) in [6.07, 6.45) is 2.53. The predicted octanol–water partition coefficient (Wildman–Crippen LogP) is 5.23. The number of carbonyl (C=O) groups is 1. The van der Waals surface area contributed by atoms with Crippen LogP contribution in [0, 0.1) is 6.92 Å². The fourth-order valence-electron chi connectivity index (χ4n) is 3.41. The van der Waals surface area contributed by atoms with Crippen LogP contribution in [0.15, 0.2) is 85.1 Å². The Hall–Kier alpha value is -3.99. The van der Waals surface area contributed by atoms with Crippen LogP contribution >= 0.6 is 0 Å². The largest absolute Gasteiger partial charge is 0.497 e. The molecular formula is C27H25N3O2. The Morgan fingerprint density at radius 1 is 0.906 bits per heavy atom. The fourth-order valence-corrected chi connectivity index (χ4v) is 3.41. The molecule has 0 saturated heterocycles. The van der Waals surface area contributed by atoms with Gasteiger partial charge in [0.25, 0.3) is 0 Å². The van der Waals surface area contributed by atoms with Crippen molar-refractivity contribution >= 4 is 11.7 Å². The minimum Gasteiger partial charge on any atom is -0.497 e. The Bertz CT molecular complexity index is 1190. The summed E-state index contributed by atoms with van der Waals surface area (Å²) in [6, 6.07) is 25.7. The van der Waals surface area contributed by atoms with Gasteiger partial charge in [0.05, 0.1) is 31.1 Å². The van der Waals surface area contributed by atoms with Crippen molar-refractivity contribution in [1.82, 2.24) is 9.97 Å². The molecule has 32 heavy (non-hydrogen) atoms. The molecule has 1 amide bonds. The zero-order valence-electron chi connectivity index (χ0n) is 18.2. The van der Waals surface area contributed by atoms with Gasteiger partial charge in [0.1, 0.15) is 5.75 Å². The van der Waals surface area contributed by atoms with Crippen molar-refractivity contribution in [3.05, 3.63) is 107 Å². The lowest BCUT2D eigenvalue weighted by molar-refractivity contribution is -0.115. The number of nitrogens with zero attached hydrogens (tertiary/aromatic N) is 2. The summed E-state index contributed by atoms with van der Waals surface area (Å²) in [6.45, 7) is 2.05. The number of carbonyl (C=O) groups excluding carboxylic acids is 1. The molecule has 4 rings (SSSR count). The van der Waals surface area contributed by atoms with E-state index in [-0.39, 0.29) is 12.3 Å². The van der Waals surface area contributed by atoms with E-state index >= 15 is 0 Å². The summed E-state index contributed by atoms with van der Waals surface area (Å²) in [7, 11) is 1.62. The maximum atomic E-state index is 12.7. The number of hydrogen-bond acceptors (Lipinski definition) is 4. The summed E-state index contributed by atoms with van der Waals surface area (Å²) in [5.41, 5.74) is 5.70. The molecular weight excluding hydrogens is 398 g/mol. The second-order valence-electron chi connectivity index (χ2n) is 7.65. The van der Waals surface area contributed by atoms with Crippen molar-refractivity contribution in [2.24, 2.45) is 0 Å². The lowest BCUT2D eigenvalue weighted by Crippen LogP contribution is -2.17. The SMILES string of the molecule is COc1ccc(CC(=O)Nc2ncc(-c3ccc(C)cc3)nc2Cc2ccccc2)cc1. The van der Waals surface area contributed by atoms with Crippen LogP contribution in [0.2, 0.25) is 0 Å². The molecule has 0 bridgehead atoms. The third-order valence-electron chi connectivity index (χ3n) is 5.19. The molecule has 0 spiro atoms. The van der Waals surface area contributed by atoms with E-state index in [0.717, 1.165) is 33.8 Å². The maximum absolute atomic E-state index is 12.7. The third-order valence-corrected chi connectivity index (χ3v) is 5.19. The molecule has 0 aliphatic heterocycles. The summed E-state index contributed by atoms with van der Waals surface area (Å²) < 4.78 is 5.18. The van der Waals surface area contributed by atoms with Crippen molar-refractivity contribution in [1.29, 1.82) is 0 Å². The molecule has 0 radical (unpaired) electrons. The van der Waals surface area contributed by atoms with Crippen LogP contribution in [0.5, 0.6) is 5.75 Å². The highest BCUT2D eigenvalue weighted by Crippen LogP contribution is 2.22. The van der Waals surface area contributed by atoms with Crippen LogP contribution in [0.4, 0.5) is 5.82 Å². The van der Waals surface area contributed by atoms with Crippen LogP contribution in [-0.2, 0) is 17.6 Å². The zero-order valence-corrected chi connectivity index (χ0v) is 18.2. The molecule has 0 aliphatic rings. The molecule has 0 saturated carbocycles. The van der Waals surface area contributed by atoms with Gasteiger partial charge in [-0.25, -0.2) is 9.97 Å². The van der Waals surface area contributed by atoms with Gasteiger partial charge in [0.15, 0.2) is 5.82 Å². The van der Waals surface area contributed by atoms with Gasteiger partial charge in [-0.3, -0.25) is 4.79 Å². The number of amides is 1. The van der Waals surface area contributed by atoms with Crippen LogP contribution in [0.1, 0.15) is 22.4 Å². The minimum atomic E-state index is -0.137. The van der Waals surface area contributed by atoms with E-state index in [4.69, 9.17) is 9.72 Å². The van der Waals surface area contributed by atoms with Crippen molar-refractivity contribution in [2.75, 3.05) is 12.4 Å². The van der Waals surface area contributed by atoms with Gasteiger partial charge >= 0.3 is 0 Å². The number of aryl methyl sites for hydroxylation is 1. The molecule has 0 fully saturated rings. The first-order valence-corrected chi connectivity index (χ1v) is 10.5. The topological polar surface area (TPSA) is 64.1 Å². The molecule has 3 aromatic carbocycles. The van der Waals surface area contributed by atoms with Gasteiger partial charge in [-0.15, -0.1) is 0 Å². The van der Waals surface area contributed by atoms with E-state index < -0.39 is 0 Å². The number of benzene rings is 3. The Labute approximate surface area is 188 Å². The summed E-state index contributed by atoms with van der Waals surface area (Å²) >= 11 is 0. The number of anilines is 1. The first kappa shape index (κ1) is 21.2. The predicted molar refractivity (Wildman–Crippen MR) is 127 cm³/mol. The number of nitrogens with one attached hydrogen (secondary N) is 1. The summed E-state index contributed by atoms with van der Waals surface area (Å²) in [5, 5.41) is 2.95. The second kappa shape index (κ2) is 9.88. The normalized spacial score (nSPS) is 10.6. The first-order valence-electron chi connectivity index (χ1n) is 10.5. The lowest BCUT2D eigenvalue weighted by atomic mass is 10.1. The van der Waals surface area contributed by atoms with Gasteiger partial charge in [-0.2, -0.15) is 0 Å². The van der Waals surface area contributed by atoms with Crippen LogP contribution in [0.25, 0.3) is 11.3 Å². The molecule has 0 aliphatic carbocycles. The summed E-state index contributed by atoms with van der Waals surface area (Å²) in [5.74, 6) is 1.11. The van der Waals surface area contributed by atoms with Crippen molar-refractivity contribution in [3.8, 4) is 17.0 Å². The zero-order chi connectivity index (χ0) is 22.3. The average molecular weight is 424 g/mol. The van der Waals surface area contributed by atoms with E-state index in [1.807, 2.05) is 66.7 Å². The van der Waals surface area contributed by atoms with E-state index in [1.165, 1.54) is 5.56 Å². The maximum Gasteiger partial charge on any atom is 0.229 e. The van der Waals surface area contributed by atoms with Crippen molar-refractivity contribution in [3.63, 3.8) is 0 Å². The highest BCUT2D eigenvalue weighted by Gasteiger charge is 2.13. The first-order chi connectivity index (χ1) is 15.6. The van der Waals surface area contributed by atoms with Gasteiger partial charge in [0, 0.05) is 12.0 Å². The molecule has 160 valence electrons. The quantitative estimate of drug-likeness (QED) is 0.442. The molecule has 0 unspecified atom stereocenters. The number of hydrogen-bond donors (Lipinski definition) is 1. The number of rotatable bonds is 7. The Morgan fingerprint density at radius 2 is 1.62 bits per heavy atom. The highest BCUT2D eigenvalue weighted by atomic mass is 16.5. The second-order valence-corrected chi connectivity index (χ2v) is 7.65. The number of methoxy groups -OCH3 is 1. The van der Waals surface area contributed by atoms with Crippen LogP contribution < -0.4 is 10.1 Å². The highest BCUT2D eigenvalue weighted by molar-refractivity contribution is 5.92. The van der Waals surface area contributed by atoms with E-state index in [1.54, 1.807) is 13.3 Å². The van der Waals surface area contributed by atoms with Crippen molar-refractivity contribution < 1.29 is 9.53 Å². The van der Waals surface area contributed by atoms with Gasteiger partial charge < -0.3 is 10.1 Å². The molecule has 1 heterocycles. The Balaban J connectivity index is 1.59. The van der Waals surface area contributed by atoms with Crippen LogP contribution in [0.3, 0.4) is 0 Å². The Morgan fingerprint density at radius 3 is 2.31 bits per heavy atom. The molecule has 1 aromatic heterocycles. The summed E-state index contributed by atoms with van der Waals surface area (Å²) in [4.78, 5) is 22.1. The molecule has 0 atom stereocenters. The standard InChI is InChI=1S/C27H25N3O2/c1-19-8-12-22(13-9-19)25-18-28-27(24(29-25)16-20-6-4-3-5-7-20)30-26(31)17-21-10-14-23(32-2)15-11-21/h3-15,18H,16-17H2,1-2H3,(H,28,30,31). The third kappa shape index (κ3) is 5.38. The van der Waals surface area contributed by atoms with Crippen LogP contribution in [-0.4, -0.2) is 23.0 Å². The number of ether oxygens (including phenoxy) is 1. The molecule has 5 heteroatoms. The Kier molecular flexibility index (Phi) is 6.56. The minimum absolute atomic E-state index is 0.137.